The third kappa shape index (κ3) is 3.98. The number of carbonyl (C=O) groups excluding carboxylic acids is 1. The van der Waals surface area contributed by atoms with Crippen LogP contribution >= 0.6 is 11.6 Å². The summed E-state index contributed by atoms with van der Waals surface area (Å²) < 4.78 is 45.4. The fourth-order valence-electron chi connectivity index (χ4n) is 2.97. The van der Waals surface area contributed by atoms with Crippen molar-refractivity contribution in [1.29, 1.82) is 0 Å². The molecule has 0 spiro atoms. The van der Waals surface area contributed by atoms with Crippen molar-refractivity contribution < 1.29 is 22.7 Å². The largest absolute Gasteiger partial charge is 0.406 e. The van der Waals surface area contributed by atoms with Crippen LogP contribution in [-0.4, -0.2) is 67.9 Å². The van der Waals surface area contributed by atoms with E-state index in [1.54, 1.807) is 0 Å². The standard InChI is InChI=1S/C16H14ClF3N8O2/c17-15-24-9-13(27-1-3-30-4-2-27)25-11(8-5-22-12(10(21)29)23-6-8)26-14(9)28(15)7-16(18,19)20/h5-6H,1-4,7H2,(H2,21,29). The Morgan fingerprint density at radius 3 is 2.43 bits per heavy atom. The molecule has 0 aromatic carbocycles. The number of aromatic nitrogens is 6. The van der Waals surface area contributed by atoms with Gasteiger partial charge in [0.1, 0.15) is 6.54 Å². The fraction of sp³-hybridized carbons (Fsp3) is 0.375. The van der Waals surface area contributed by atoms with Crippen molar-refractivity contribution >= 4 is 34.5 Å². The highest BCUT2D eigenvalue weighted by atomic mass is 35.5. The SMILES string of the molecule is NC(=O)c1ncc(-c2nc(N3CCOCC3)c3nc(Cl)n(CC(F)(F)F)c3n2)cn1. The first-order valence-electron chi connectivity index (χ1n) is 8.68. The summed E-state index contributed by atoms with van der Waals surface area (Å²) in [6.07, 6.45) is -2.00. The van der Waals surface area contributed by atoms with E-state index in [9.17, 15) is 18.0 Å². The lowest BCUT2D eigenvalue weighted by Crippen LogP contribution is -2.37. The summed E-state index contributed by atoms with van der Waals surface area (Å²) in [4.78, 5) is 33.5. The normalized spacial score (nSPS) is 15.0. The number of nitrogens with zero attached hydrogens (tertiary/aromatic N) is 7. The molecule has 4 heterocycles. The molecule has 3 aromatic heterocycles. The highest BCUT2D eigenvalue weighted by Crippen LogP contribution is 2.31. The summed E-state index contributed by atoms with van der Waals surface area (Å²) >= 11 is 6.00. The molecule has 3 aromatic rings. The van der Waals surface area contributed by atoms with Crippen LogP contribution in [0.5, 0.6) is 0 Å². The number of rotatable bonds is 4. The van der Waals surface area contributed by atoms with Gasteiger partial charge in [0.25, 0.3) is 5.91 Å². The van der Waals surface area contributed by atoms with E-state index in [0.717, 1.165) is 4.57 Å². The van der Waals surface area contributed by atoms with Gasteiger partial charge in [-0.25, -0.2) is 24.9 Å². The average Bonchev–Trinajstić information content (AvgIpc) is 3.02. The van der Waals surface area contributed by atoms with Crippen LogP contribution in [0.4, 0.5) is 19.0 Å². The molecule has 14 heteroatoms. The van der Waals surface area contributed by atoms with E-state index >= 15 is 0 Å². The Morgan fingerprint density at radius 2 is 1.83 bits per heavy atom. The van der Waals surface area contributed by atoms with Gasteiger partial charge in [0.2, 0.25) is 11.1 Å². The van der Waals surface area contributed by atoms with Crippen molar-refractivity contribution in [3.05, 3.63) is 23.5 Å². The van der Waals surface area contributed by atoms with Crippen molar-refractivity contribution in [2.75, 3.05) is 31.2 Å². The number of morpholine rings is 1. The molecular weight excluding hydrogens is 429 g/mol. The minimum Gasteiger partial charge on any atom is -0.378 e. The number of hydrogen-bond acceptors (Lipinski definition) is 8. The molecule has 10 nitrogen and oxygen atoms in total. The fourth-order valence-corrected chi connectivity index (χ4v) is 3.20. The Bertz CT molecular complexity index is 1100. The summed E-state index contributed by atoms with van der Waals surface area (Å²) in [5.74, 6) is -0.652. The van der Waals surface area contributed by atoms with Crippen molar-refractivity contribution in [3.8, 4) is 11.4 Å². The number of fused-ring (bicyclic) bond motifs is 1. The number of anilines is 1. The lowest BCUT2D eigenvalue weighted by atomic mass is 10.3. The number of ether oxygens (including phenoxy) is 1. The van der Waals surface area contributed by atoms with Gasteiger partial charge in [-0.3, -0.25) is 9.36 Å². The molecule has 0 saturated carbocycles. The minimum atomic E-state index is -4.53. The van der Waals surface area contributed by atoms with Gasteiger partial charge in [-0.2, -0.15) is 13.2 Å². The molecule has 0 bridgehead atoms. The van der Waals surface area contributed by atoms with Crippen LogP contribution in [0.15, 0.2) is 12.4 Å². The van der Waals surface area contributed by atoms with Gasteiger partial charge in [0.05, 0.1) is 18.8 Å². The average molecular weight is 443 g/mol. The first-order valence-corrected chi connectivity index (χ1v) is 9.06. The summed E-state index contributed by atoms with van der Waals surface area (Å²) in [5.41, 5.74) is 5.48. The number of hydrogen-bond donors (Lipinski definition) is 1. The Balaban J connectivity index is 1.89. The maximum absolute atomic E-state index is 13.1. The second-order valence-corrected chi connectivity index (χ2v) is 6.72. The van der Waals surface area contributed by atoms with Crippen LogP contribution in [-0.2, 0) is 11.3 Å². The second kappa shape index (κ2) is 7.65. The van der Waals surface area contributed by atoms with E-state index in [1.165, 1.54) is 12.4 Å². The number of halogens is 4. The number of alkyl halides is 3. The molecule has 1 aliphatic rings. The third-order valence-corrected chi connectivity index (χ3v) is 4.60. The number of carbonyl (C=O) groups is 1. The van der Waals surface area contributed by atoms with Gasteiger partial charge < -0.3 is 15.4 Å². The highest BCUT2D eigenvalue weighted by molar-refractivity contribution is 6.29. The maximum atomic E-state index is 13.1. The Kier molecular flexibility index (Phi) is 5.15. The lowest BCUT2D eigenvalue weighted by Gasteiger charge is -2.28. The van der Waals surface area contributed by atoms with E-state index in [0.29, 0.717) is 32.1 Å². The molecule has 158 valence electrons. The van der Waals surface area contributed by atoms with E-state index in [4.69, 9.17) is 22.1 Å². The minimum absolute atomic E-state index is 0.0556. The third-order valence-electron chi connectivity index (χ3n) is 4.31. The monoisotopic (exact) mass is 442 g/mol. The van der Waals surface area contributed by atoms with E-state index in [-0.39, 0.29) is 33.7 Å². The number of primary amides is 1. The summed E-state index contributed by atoms with van der Waals surface area (Å²) in [6, 6.07) is 0. The molecule has 0 atom stereocenters. The van der Waals surface area contributed by atoms with Crippen LogP contribution in [0.25, 0.3) is 22.6 Å². The maximum Gasteiger partial charge on any atom is 0.406 e. The Hall–Kier alpha value is -3.06. The van der Waals surface area contributed by atoms with Crippen LogP contribution in [0.3, 0.4) is 0 Å². The number of nitrogens with two attached hydrogens (primary N) is 1. The van der Waals surface area contributed by atoms with Gasteiger partial charge in [0, 0.05) is 25.5 Å². The zero-order valence-corrected chi connectivity index (χ0v) is 16.0. The molecule has 0 aliphatic carbocycles. The summed E-state index contributed by atoms with van der Waals surface area (Å²) in [7, 11) is 0. The first kappa shape index (κ1) is 20.2. The zero-order chi connectivity index (χ0) is 21.5. The molecule has 0 unspecified atom stereocenters. The van der Waals surface area contributed by atoms with Crippen molar-refractivity contribution in [2.24, 2.45) is 5.73 Å². The molecule has 4 rings (SSSR count). The molecule has 0 radical (unpaired) electrons. The van der Waals surface area contributed by atoms with Gasteiger partial charge >= 0.3 is 6.18 Å². The van der Waals surface area contributed by atoms with Crippen LogP contribution < -0.4 is 10.6 Å². The van der Waals surface area contributed by atoms with Crippen LogP contribution in [0.1, 0.15) is 10.6 Å². The van der Waals surface area contributed by atoms with E-state index in [2.05, 4.69) is 24.9 Å². The number of imidazole rings is 1. The smallest absolute Gasteiger partial charge is 0.378 e. The predicted molar refractivity (Wildman–Crippen MR) is 99.0 cm³/mol. The molecule has 1 saturated heterocycles. The quantitative estimate of drug-likeness (QED) is 0.602. The Labute approximate surface area is 171 Å². The lowest BCUT2D eigenvalue weighted by molar-refractivity contribution is -0.140. The highest BCUT2D eigenvalue weighted by Gasteiger charge is 2.32. The van der Waals surface area contributed by atoms with E-state index in [1.807, 2.05) is 4.90 Å². The van der Waals surface area contributed by atoms with E-state index < -0.39 is 18.6 Å². The molecule has 1 fully saturated rings. The summed E-state index contributed by atoms with van der Waals surface area (Å²) in [5, 5.41) is -0.358. The Morgan fingerprint density at radius 1 is 1.17 bits per heavy atom. The zero-order valence-electron chi connectivity index (χ0n) is 15.2. The molecular formula is C16H14ClF3N8O2. The van der Waals surface area contributed by atoms with Gasteiger partial charge in [-0.05, 0) is 11.6 Å². The number of amides is 1. The second-order valence-electron chi connectivity index (χ2n) is 6.38. The van der Waals surface area contributed by atoms with Crippen LogP contribution in [0, 0.1) is 0 Å². The topological polar surface area (TPSA) is 125 Å². The first-order chi connectivity index (χ1) is 14.2. The molecule has 1 amide bonds. The molecule has 30 heavy (non-hydrogen) atoms. The van der Waals surface area contributed by atoms with Gasteiger partial charge in [-0.1, -0.05) is 0 Å². The predicted octanol–water partition coefficient (Wildman–Crippen LogP) is 1.43. The van der Waals surface area contributed by atoms with Crippen molar-refractivity contribution in [2.45, 2.75) is 12.7 Å². The summed E-state index contributed by atoms with van der Waals surface area (Å²) in [6.45, 7) is 0.416. The molecule has 1 aliphatic heterocycles. The van der Waals surface area contributed by atoms with Crippen molar-refractivity contribution in [3.63, 3.8) is 0 Å². The molecule has 2 N–H and O–H groups in total. The van der Waals surface area contributed by atoms with Gasteiger partial charge in [0.15, 0.2) is 22.8 Å². The van der Waals surface area contributed by atoms with Gasteiger partial charge in [-0.15, -0.1) is 0 Å². The van der Waals surface area contributed by atoms with Crippen LogP contribution in [0.2, 0.25) is 5.28 Å². The van der Waals surface area contributed by atoms with Crippen molar-refractivity contribution in [1.82, 2.24) is 29.5 Å².